The van der Waals surface area contributed by atoms with E-state index < -0.39 is 5.60 Å². The Hall–Kier alpha value is -2.12. The van der Waals surface area contributed by atoms with Crippen molar-refractivity contribution in [2.45, 2.75) is 45.3 Å². The minimum Gasteiger partial charge on any atom is -0.444 e. The van der Waals surface area contributed by atoms with Gasteiger partial charge in [0, 0.05) is 19.0 Å². The van der Waals surface area contributed by atoms with Crippen LogP contribution in [0.25, 0.3) is 0 Å². The van der Waals surface area contributed by atoms with Crippen LogP contribution in [0, 0.1) is 5.92 Å². The maximum Gasteiger partial charge on any atom is 0.410 e. The summed E-state index contributed by atoms with van der Waals surface area (Å²) >= 11 is 0. The van der Waals surface area contributed by atoms with E-state index in [1.54, 1.807) is 4.90 Å². The Labute approximate surface area is 179 Å². The molecular formula is C23H36N3O4+. The summed E-state index contributed by atoms with van der Waals surface area (Å²) in [6, 6.07) is 10.2. The first-order chi connectivity index (χ1) is 14.3. The van der Waals surface area contributed by atoms with Crippen LogP contribution < -0.4 is 10.2 Å². The fourth-order valence-electron chi connectivity index (χ4n) is 4.03. The van der Waals surface area contributed by atoms with Gasteiger partial charge in [-0.3, -0.25) is 4.79 Å². The molecule has 166 valence electrons. The van der Waals surface area contributed by atoms with Gasteiger partial charge < -0.3 is 24.6 Å². The summed E-state index contributed by atoms with van der Waals surface area (Å²) in [5, 5.41) is 3.30. The predicted octanol–water partition coefficient (Wildman–Crippen LogP) is 1.41. The quantitative estimate of drug-likeness (QED) is 0.758. The van der Waals surface area contributed by atoms with Crippen molar-refractivity contribution in [3.63, 3.8) is 0 Å². The second-order valence-electron chi connectivity index (χ2n) is 9.28. The number of hydrogen-bond acceptors (Lipinski definition) is 4. The van der Waals surface area contributed by atoms with Gasteiger partial charge in [0.15, 0.2) is 0 Å². The number of nitrogens with zero attached hydrogens (tertiary/aromatic N) is 1. The Balaban J connectivity index is 1.56. The molecule has 7 heteroatoms. The molecule has 7 nitrogen and oxygen atoms in total. The number of piperidine rings is 1. The first-order valence-corrected chi connectivity index (χ1v) is 11.1. The molecule has 0 spiro atoms. The van der Waals surface area contributed by atoms with E-state index in [1.165, 1.54) is 4.90 Å². The molecule has 2 aliphatic heterocycles. The molecule has 1 atom stereocenters. The SMILES string of the molecule is CC(C)(C)OC(=O)N1CCC(C(=O)N[C@@H](C[NH+]2CCOCC2)c2ccccc2)CC1. The molecule has 1 aromatic rings. The maximum absolute atomic E-state index is 13.0. The normalized spacial score (nSPS) is 19.9. The molecule has 2 aliphatic rings. The number of carbonyl (C=O) groups excluding carboxylic acids is 2. The average molecular weight is 419 g/mol. The zero-order valence-corrected chi connectivity index (χ0v) is 18.5. The van der Waals surface area contributed by atoms with Crippen molar-refractivity contribution in [1.82, 2.24) is 10.2 Å². The largest absolute Gasteiger partial charge is 0.444 e. The van der Waals surface area contributed by atoms with Crippen LogP contribution in [0.5, 0.6) is 0 Å². The van der Waals surface area contributed by atoms with Crippen LogP contribution in [0.3, 0.4) is 0 Å². The summed E-state index contributed by atoms with van der Waals surface area (Å²) in [4.78, 5) is 28.5. The monoisotopic (exact) mass is 418 g/mol. The molecule has 0 bridgehead atoms. The van der Waals surface area contributed by atoms with Gasteiger partial charge in [0.2, 0.25) is 5.91 Å². The highest BCUT2D eigenvalue weighted by Crippen LogP contribution is 2.21. The van der Waals surface area contributed by atoms with Crippen molar-refractivity contribution in [3.05, 3.63) is 35.9 Å². The second-order valence-corrected chi connectivity index (χ2v) is 9.28. The number of hydrogen-bond donors (Lipinski definition) is 2. The van der Waals surface area contributed by atoms with Crippen LogP contribution in [0.15, 0.2) is 30.3 Å². The van der Waals surface area contributed by atoms with E-state index in [9.17, 15) is 9.59 Å². The fraction of sp³-hybridized carbons (Fsp3) is 0.652. The number of ether oxygens (including phenoxy) is 2. The molecule has 2 fully saturated rings. The number of likely N-dealkylation sites (tertiary alicyclic amines) is 1. The van der Waals surface area contributed by atoms with Crippen LogP contribution >= 0.6 is 0 Å². The van der Waals surface area contributed by atoms with Crippen LogP contribution in [0.4, 0.5) is 4.79 Å². The highest BCUT2D eigenvalue weighted by Gasteiger charge is 2.32. The van der Waals surface area contributed by atoms with Crippen molar-refractivity contribution in [2.75, 3.05) is 45.9 Å². The minimum absolute atomic E-state index is 0.0179. The lowest BCUT2D eigenvalue weighted by Gasteiger charge is -2.34. The number of amides is 2. The third-order valence-electron chi connectivity index (χ3n) is 5.73. The van der Waals surface area contributed by atoms with Crippen molar-refractivity contribution in [2.24, 2.45) is 5.92 Å². The topological polar surface area (TPSA) is 72.3 Å². The van der Waals surface area contributed by atoms with E-state index in [0.29, 0.717) is 25.9 Å². The maximum atomic E-state index is 13.0. The lowest BCUT2D eigenvalue weighted by Crippen LogP contribution is -3.14. The fourth-order valence-corrected chi connectivity index (χ4v) is 4.03. The molecule has 2 N–H and O–H groups in total. The van der Waals surface area contributed by atoms with Crippen molar-refractivity contribution >= 4 is 12.0 Å². The zero-order valence-electron chi connectivity index (χ0n) is 18.5. The van der Waals surface area contributed by atoms with Gasteiger partial charge in [0.1, 0.15) is 31.3 Å². The number of rotatable bonds is 5. The van der Waals surface area contributed by atoms with Gasteiger partial charge in [-0.15, -0.1) is 0 Å². The van der Waals surface area contributed by atoms with Gasteiger partial charge in [-0.25, -0.2) is 4.79 Å². The Kier molecular flexibility index (Phi) is 7.72. The molecule has 2 heterocycles. The van der Waals surface area contributed by atoms with Crippen LogP contribution in [-0.2, 0) is 14.3 Å². The van der Waals surface area contributed by atoms with Crippen LogP contribution in [-0.4, -0.2) is 68.4 Å². The third-order valence-corrected chi connectivity index (χ3v) is 5.73. The number of benzene rings is 1. The minimum atomic E-state index is -0.504. The molecule has 1 aromatic carbocycles. The Bertz CT molecular complexity index is 690. The lowest BCUT2D eigenvalue weighted by molar-refractivity contribution is -0.909. The van der Waals surface area contributed by atoms with E-state index in [-0.39, 0.29) is 24.0 Å². The molecule has 0 aromatic heterocycles. The Morgan fingerprint density at radius 1 is 1.17 bits per heavy atom. The second kappa shape index (κ2) is 10.3. The van der Waals surface area contributed by atoms with E-state index in [0.717, 1.165) is 38.4 Å². The van der Waals surface area contributed by atoms with E-state index in [1.807, 2.05) is 39.0 Å². The van der Waals surface area contributed by atoms with Gasteiger partial charge in [-0.2, -0.15) is 0 Å². The molecular weight excluding hydrogens is 382 g/mol. The summed E-state index contributed by atoms with van der Waals surface area (Å²) in [7, 11) is 0. The van der Waals surface area contributed by atoms with Crippen molar-refractivity contribution in [1.29, 1.82) is 0 Å². The summed E-state index contributed by atoms with van der Waals surface area (Å²) in [5.74, 6) is 0.00920. The van der Waals surface area contributed by atoms with Crippen molar-refractivity contribution in [3.8, 4) is 0 Å². The molecule has 2 amide bonds. The van der Waals surface area contributed by atoms with E-state index in [4.69, 9.17) is 9.47 Å². The lowest BCUT2D eigenvalue weighted by atomic mass is 9.95. The molecule has 2 saturated heterocycles. The summed E-state index contributed by atoms with van der Waals surface area (Å²) in [6.07, 6.45) is 1.04. The Morgan fingerprint density at radius 3 is 2.40 bits per heavy atom. The number of carbonyl (C=O) groups is 2. The molecule has 30 heavy (non-hydrogen) atoms. The van der Waals surface area contributed by atoms with Crippen molar-refractivity contribution < 1.29 is 24.0 Å². The average Bonchev–Trinajstić information content (AvgIpc) is 2.73. The summed E-state index contributed by atoms with van der Waals surface area (Å²) < 4.78 is 10.9. The third kappa shape index (κ3) is 6.71. The van der Waals surface area contributed by atoms with Gasteiger partial charge in [0.25, 0.3) is 0 Å². The van der Waals surface area contributed by atoms with Gasteiger partial charge in [-0.1, -0.05) is 30.3 Å². The van der Waals surface area contributed by atoms with Gasteiger partial charge in [0.05, 0.1) is 13.2 Å². The standard InChI is InChI=1S/C23H35N3O4/c1-23(2,3)30-22(28)26-11-9-19(10-12-26)21(27)24-20(18-7-5-4-6-8-18)17-25-13-15-29-16-14-25/h4-8,19-20H,9-17H2,1-3H3,(H,24,27)/p+1/t20-/m0/s1. The molecule has 0 saturated carbocycles. The first-order valence-electron chi connectivity index (χ1n) is 11.1. The van der Waals surface area contributed by atoms with Gasteiger partial charge >= 0.3 is 6.09 Å². The highest BCUT2D eigenvalue weighted by molar-refractivity contribution is 5.79. The number of morpholine rings is 1. The summed E-state index contributed by atoms with van der Waals surface area (Å²) in [6.45, 7) is 11.0. The molecule has 3 rings (SSSR count). The number of nitrogens with one attached hydrogen (secondary N) is 2. The molecule has 0 aliphatic carbocycles. The van der Waals surface area contributed by atoms with E-state index >= 15 is 0 Å². The molecule has 0 radical (unpaired) electrons. The predicted molar refractivity (Wildman–Crippen MR) is 114 cm³/mol. The van der Waals surface area contributed by atoms with Gasteiger partial charge in [-0.05, 0) is 39.2 Å². The smallest absolute Gasteiger partial charge is 0.410 e. The van der Waals surface area contributed by atoms with E-state index in [2.05, 4.69) is 17.4 Å². The van der Waals surface area contributed by atoms with Crippen LogP contribution in [0.2, 0.25) is 0 Å². The first kappa shape index (κ1) is 22.6. The zero-order chi connectivity index (χ0) is 21.6. The molecule has 0 unspecified atom stereocenters. The number of quaternary nitrogens is 1. The Morgan fingerprint density at radius 2 is 1.80 bits per heavy atom. The summed E-state index contributed by atoms with van der Waals surface area (Å²) in [5.41, 5.74) is 0.631. The highest BCUT2D eigenvalue weighted by atomic mass is 16.6. The van der Waals surface area contributed by atoms with Crippen LogP contribution in [0.1, 0.15) is 45.2 Å².